The highest BCUT2D eigenvalue weighted by atomic mass is 16.5. The van der Waals surface area contributed by atoms with Crippen LogP contribution in [-0.2, 0) is 11.3 Å². The van der Waals surface area contributed by atoms with Crippen molar-refractivity contribution < 1.29 is 4.74 Å². The van der Waals surface area contributed by atoms with Crippen molar-refractivity contribution in [3.63, 3.8) is 0 Å². The van der Waals surface area contributed by atoms with E-state index in [-0.39, 0.29) is 0 Å². The minimum Gasteiger partial charge on any atom is -0.378 e. The van der Waals surface area contributed by atoms with E-state index in [1.54, 1.807) is 0 Å². The van der Waals surface area contributed by atoms with Gasteiger partial charge < -0.3 is 4.74 Å². The van der Waals surface area contributed by atoms with Gasteiger partial charge in [0.05, 0.1) is 13.2 Å². The van der Waals surface area contributed by atoms with Gasteiger partial charge in [-0.05, 0) is 37.7 Å². The van der Waals surface area contributed by atoms with Gasteiger partial charge in [-0.15, -0.1) is 0 Å². The Balaban J connectivity index is 1.37. The third-order valence-corrected chi connectivity index (χ3v) is 5.46. The molecule has 5 nitrogen and oxygen atoms in total. The molecule has 0 amide bonds. The minimum atomic E-state index is 0.325. The Morgan fingerprint density at radius 2 is 2.14 bits per heavy atom. The van der Waals surface area contributed by atoms with E-state index in [4.69, 9.17) is 4.74 Å². The van der Waals surface area contributed by atoms with Crippen LogP contribution in [0.4, 0.5) is 0 Å². The Morgan fingerprint density at radius 1 is 1.29 bits per heavy atom. The smallest absolute Gasteiger partial charge is 0.0652 e. The first-order chi connectivity index (χ1) is 10.3. The fourth-order valence-electron chi connectivity index (χ4n) is 3.86. The zero-order valence-corrected chi connectivity index (χ0v) is 12.8. The number of aromatic nitrogens is 2. The molecule has 0 bridgehead atoms. The number of H-pyrrole nitrogens is 1. The minimum absolute atomic E-state index is 0.325. The highest BCUT2D eigenvalue weighted by Gasteiger charge is 2.43. The van der Waals surface area contributed by atoms with Crippen LogP contribution in [-0.4, -0.2) is 64.9 Å². The fourth-order valence-corrected chi connectivity index (χ4v) is 3.86. The summed E-state index contributed by atoms with van der Waals surface area (Å²) in [5.74, 6) is 0.975. The van der Waals surface area contributed by atoms with Gasteiger partial charge in [-0.2, -0.15) is 5.10 Å². The van der Waals surface area contributed by atoms with Gasteiger partial charge in [0, 0.05) is 50.2 Å². The van der Waals surface area contributed by atoms with E-state index in [0.29, 0.717) is 5.54 Å². The van der Waals surface area contributed by atoms with Crippen LogP contribution in [0.25, 0.3) is 0 Å². The summed E-state index contributed by atoms with van der Waals surface area (Å²) < 4.78 is 5.86. The van der Waals surface area contributed by atoms with Crippen molar-refractivity contribution in [2.45, 2.75) is 37.8 Å². The van der Waals surface area contributed by atoms with Gasteiger partial charge >= 0.3 is 0 Å². The van der Waals surface area contributed by atoms with Gasteiger partial charge in [0.1, 0.15) is 0 Å². The molecule has 3 aliphatic rings. The maximum Gasteiger partial charge on any atom is 0.0652 e. The van der Waals surface area contributed by atoms with Crippen LogP contribution in [0.3, 0.4) is 0 Å². The maximum atomic E-state index is 5.86. The van der Waals surface area contributed by atoms with E-state index in [1.165, 1.54) is 51.0 Å². The standard InChI is InChI=1S/C16H26N4O/c1-2-14(1)11-20-9-10-21-13-16(20)4-7-19(8-5-16)12-15-3-6-17-18-15/h3,6,14H,1-2,4-5,7-13H2,(H,17,18). The normalized spacial score (nSPS) is 27.2. The summed E-state index contributed by atoms with van der Waals surface area (Å²) in [4.78, 5) is 5.31. The fraction of sp³-hybridized carbons (Fsp3) is 0.812. The molecule has 0 unspecified atom stereocenters. The molecule has 0 radical (unpaired) electrons. The van der Waals surface area contributed by atoms with Crippen molar-refractivity contribution >= 4 is 0 Å². The molecule has 1 N–H and O–H groups in total. The third-order valence-electron chi connectivity index (χ3n) is 5.46. The van der Waals surface area contributed by atoms with E-state index in [9.17, 15) is 0 Å². The lowest BCUT2D eigenvalue weighted by molar-refractivity contribution is -0.0971. The zero-order chi connectivity index (χ0) is 14.1. The number of nitrogens with one attached hydrogen (secondary N) is 1. The number of hydrogen-bond donors (Lipinski definition) is 1. The SMILES string of the molecule is c1cc(CN2CCC3(CC2)COCCN3CC2CC2)[nH]n1. The van der Waals surface area contributed by atoms with Crippen molar-refractivity contribution in [1.29, 1.82) is 0 Å². The molecule has 0 atom stereocenters. The van der Waals surface area contributed by atoms with Gasteiger partial charge in [-0.3, -0.25) is 14.9 Å². The Morgan fingerprint density at radius 3 is 2.86 bits per heavy atom. The lowest BCUT2D eigenvalue weighted by atomic mass is 9.85. The zero-order valence-electron chi connectivity index (χ0n) is 12.8. The number of likely N-dealkylation sites (tertiary alicyclic amines) is 1. The van der Waals surface area contributed by atoms with E-state index >= 15 is 0 Å². The molecule has 21 heavy (non-hydrogen) atoms. The first-order valence-electron chi connectivity index (χ1n) is 8.37. The Labute approximate surface area is 126 Å². The van der Waals surface area contributed by atoms with Crippen LogP contribution in [0.5, 0.6) is 0 Å². The molecule has 0 aromatic carbocycles. The largest absolute Gasteiger partial charge is 0.378 e. The number of aromatic amines is 1. The molecular formula is C16H26N4O. The molecule has 4 rings (SSSR count). The molecular weight excluding hydrogens is 264 g/mol. The first kappa shape index (κ1) is 13.7. The maximum absolute atomic E-state index is 5.86. The number of nitrogens with zero attached hydrogens (tertiary/aromatic N) is 3. The van der Waals surface area contributed by atoms with E-state index in [1.807, 2.05) is 6.20 Å². The van der Waals surface area contributed by atoms with Crippen LogP contribution in [0.1, 0.15) is 31.4 Å². The lowest BCUT2D eigenvalue weighted by Gasteiger charge is -2.51. The van der Waals surface area contributed by atoms with Crippen LogP contribution < -0.4 is 0 Å². The molecule has 3 fully saturated rings. The van der Waals surface area contributed by atoms with Crippen molar-refractivity contribution in [1.82, 2.24) is 20.0 Å². The molecule has 2 saturated heterocycles. The van der Waals surface area contributed by atoms with Crippen molar-refractivity contribution in [3.05, 3.63) is 18.0 Å². The summed E-state index contributed by atoms with van der Waals surface area (Å²) in [6.07, 6.45) is 7.22. The van der Waals surface area contributed by atoms with E-state index < -0.39 is 0 Å². The quantitative estimate of drug-likeness (QED) is 0.912. The predicted molar refractivity (Wildman–Crippen MR) is 80.9 cm³/mol. The number of rotatable bonds is 4. The van der Waals surface area contributed by atoms with Crippen LogP contribution in [0.2, 0.25) is 0 Å². The average Bonchev–Trinajstić information content (AvgIpc) is 3.18. The number of hydrogen-bond acceptors (Lipinski definition) is 4. The molecule has 1 spiro atoms. The van der Waals surface area contributed by atoms with E-state index in [0.717, 1.165) is 32.2 Å². The summed E-state index contributed by atoms with van der Waals surface area (Å²) in [5.41, 5.74) is 1.55. The average molecular weight is 290 g/mol. The van der Waals surface area contributed by atoms with Crippen molar-refractivity contribution in [2.75, 3.05) is 39.4 Å². The van der Waals surface area contributed by atoms with Gasteiger partial charge in [-0.25, -0.2) is 0 Å². The topological polar surface area (TPSA) is 44.4 Å². The summed E-state index contributed by atoms with van der Waals surface area (Å²) in [6.45, 7) is 7.65. The van der Waals surface area contributed by atoms with Gasteiger partial charge in [0.15, 0.2) is 0 Å². The highest BCUT2D eigenvalue weighted by Crippen LogP contribution is 2.37. The highest BCUT2D eigenvalue weighted by molar-refractivity contribution is 5.02. The Hall–Kier alpha value is -0.910. The summed E-state index contributed by atoms with van der Waals surface area (Å²) in [6, 6.07) is 2.08. The van der Waals surface area contributed by atoms with Crippen molar-refractivity contribution in [3.8, 4) is 0 Å². The second kappa shape index (κ2) is 5.71. The molecule has 3 heterocycles. The molecule has 116 valence electrons. The molecule has 5 heteroatoms. The van der Waals surface area contributed by atoms with Gasteiger partial charge in [-0.1, -0.05) is 0 Å². The number of piperidine rings is 1. The lowest BCUT2D eigenvalue weighted by Crippen LogP contribution is -2.61. The molecule has 1 aliphatic carbocycles. The number of ether oxygens (including phenoxy) is 1. The molecule has 1 saturated carbocycles. The monoisotopic (exact) mass is 290 g/mol. The second-order valence-electron chi connectivity index (χ2n) is 7.02. The summed E-state index contributed by atoms with van der Waals surface area (Å²) in [7, 11) is 0. The van der Waals surface area contributed by atoms with Crippen molar-refractivity contribution in [2.24, 2.45) is 5.92 Å². The van der Waals surface area contributed by atoms with Crippen LogP contribution in [0, 0.1) is 5.92 Å². The Kier molecular flexibility index (Phi) is 3.73. The van der Waals surface area contributed by atoms with E-state index in [2.05, 4.69) is 26.1 Å². The van der Waals surface area contributed by atoms with Crippen LogP contribution >= 0.6 is 0 Å². The van der Waals surface area contributed by atoms with Crippen LogP contribution in [0.15, 0.2) is 12.3 Å². The third kappa shape index (κ3) is 3.00. The van der Waals surface area contributed by atoms with Gasteiger partial charge in [0.25, 0.3) is 0 Å². The number of morpholine rings is 1. The van der Waals surface area contributed by atoms with Gasteiger partial charge in [0.2, 0.25) is 0 Å². The second-order valence-corrected chi connectivity index (χ2v) is 7.02. The summed E-state index contributed by atoms with van der Waals surface area (Å²) in [5, 5.41) is 7.11. The molecule has 1 aromatic rings. The molecule has 2 aliphatic heterocycles. The Bertz CT molecular complexity index is 449. The summed E-state index contributed by atoms with van der Waals surface area (Å²) >= 11 is 0. The first-order valence-corrected chi connectivity index (χ1v) is 8.37. The molecule has 1 aromatic heterocycles. The predicted octanol–water partition coefficient (Wildman–Crippen LogP) is 1.49.